The molecule has 1 aromatic carbocycles. The van der Waals surface area contributed by atoms with Crippen LogP contribution in [0.25, 0.3) is 0 Å². The van der Waals surface area contributed by atoms with Gasteiger partial charge in [0.1, 0.15) is 12.7 Å². The van der Waals surface area contributed by atoms with E-state index in [9.17, 15) is 0 Å². The largest absolute Gasteiger partial charge is 0.486 e. The van der Waals surface area contributed by atoms with E-state index in [1.807, 2.05) is 24.3 Å². The Morgan fingerprint density at radius 1 is 1.20 bits per heavy atom. The molecular formula is C16H20N2O2. The summed E-state index contributed by atoms with van der Waals surface area (Å²) in [4.78, 5) is 2.43. The van der Waals surface area contributed by atoms with Gasteiger partial charge in [-0.15, -0.1) is 0 Å². The molecule has 20 heavy (non-hydrogen) atoms. The number of nitrogens with zero attached hydrogens (tertiary/aromatic N) is 2. The van der Waals surface area contributed by atoms with E-state index in [4.69, 9.17) is 14.7 Å². The van der Waals surface area contributed by atoms with Crippen molar-refractivity contribution < 1.29 is 9.47 Å². The maximum Gasteiger partial charge on any atom is 0.161 e. The number of benzene rings is 1. The van der Waals surface area contributed by atoms with E-state index >= 15 is 0 Å². The Bertz CT molecular complexity index is 489. The van der Waals surface area contributed by atoms with E-state index in [1.165, 1.54) is 0 Å². The van der Waals surface area contributed by atoms with Crippen LogP contribution in [-0.2, 0) is 0 Å². The molecule has 0 aromatic heterocycles. The zero-order valence-corrected chi connectivity index (χ0v) is 11.6. The number of hydrogen-bond acceptors (Lipinski definition) is 4. The van der Waals surface area contributed by atoms with Crippen LogP contribution in [0.3, 0.4) is 0 Å². The van der Waals surface area contributed by atoms with Crippen LogP contribution in [-0.4, -0.2) is 37.2 Å². The minimum absolute atomic E-state index is 0.109. The number of hydrogen-bond donors (Lipinski definition) is 0. The Balaban J connectivity index is 1.50. The van der Waals surface area contributed by atoms with Crippen LogP contribution in [0.15, 0.2) is 24.3 Å². The second-order valence-electron chi connectivity index (χ2n) is 5.60. The average Bonchev–Trinajstić information content (AvgIpc) is 2.49. The summed E-state index contributed by atoms with van der Waals surface area (Å²) in [5.41, 5.74) is 0. The molecule has 2 aliphatic rings. The fourth-order valence-electron chi connectivity index (χ4n) is 2.94. The van der Waals surface area contributed by atoms with E-state index in [2.05, 4.69) is 11.0 Å². The highest BCUT2D eigenvalue weighted by Crippen LogP contribution is 2.31. The topological polar surface area (TPSA) is 45.5 Å². The second-order valence-corrected chi connectivity index (χ2v) is 5.60. The summed E-state index contributed by atoms with van der Waals surface area (Å²) < 4.78 is 11.7. The summed E-state index contributed by atoms with van der Waals surface area (Å²) >= 11 is 0. The summed E-state index contributed by atoms with van der Waals surface area (Å²) in [6.45, 7) is 3.66. The van der Waals surface area contributed by atoms with Gasteiger partial charge in [-0.3, -0.25) is 4.90 Å². The first kappa shape index (κ1) is 13.3. The maximum absolute atomic E-state index is 8.74. The van der Waals surface area contributed by atoms with Gasteiger partial charge in [-0.25, -0.2) is 0 Å². The molecule has 2 heterocycles. The van der Waals surface area contributed by atoms with E-state index in [0.717, 1.165) is 44.0 Å². The van der Waals surface area contributed by atoms with Crippen molar-refractivity contribution in [1.29, 1.82) is 5.26 Å². The Morgan fingerprint density at radius 3 is 2.70 bits per heavy atom. The summed E-state index contributed by atoms with van der Waals surface area (Å²) in [7, 11) is 0. The molecule has 3 rings (SSSR count). The second kappa shape index (κ2) is 6.15. The number of piperidine rings is 1. The summed E-state index contributed by atoms with van der Waals surface area (Å²) in [6, 6.07) is 10.1. The minimum Gasteiger partial charge on any atom is -0.486 e. The summed E-state index contributed by atoms with van der Waals surface area (Å²) in [5.74, 6) is 2.28. The lowest BCUT2D eigenvalue weighted by atomic mass is 9.94. The molecule has 2 aliphatic heterocycles. The molecule has 4 heteroatoms. The molecule has 1 aromatic rings. The van der Waals surface area contributed by atoms with Crippen LogP contribution < -0.4 is 9.47 Å². The first-order chi connectivity index (χ1) is 9.85. The van der Waals surface area contributed by atoms with Crippen molar-refractivity contribution in [1.82, 2.24) is 4.90 Å². The monoisotopic (exact) mass is 272 g/mol. The smallest absolute Gasteiger partial charge is 0.161 e. The van der Waals surface area contributed by atoms with Gasteiger partial charge in [-0.2, -0.15) is 5.26 Å². The lowest BCUT2D eigenvalue weighted by Gasteiger charge is -2.35. The van der Waals surface area contributed by atoms with E-state index in [-0.39, 0.29) is 6.10 Å². The van der Waals surface area contributed by atoms with Gasteiger partial charge in [0.2, 0.25) is 0 Å². The molecule has 1 saturated heterocycles. The van der Waals surface area contributed by atoms with Crippen LogP contribution in [0.4, 0.5) is 0 Å². The lowest BCUT2D eigenvalue weighted by Crippen LogP contribution is -2.44. The number of fused-ring (bicyclic) bond motifs is 1. The van der Waals surface area contributed by atoms with E-state index in [1.54, 1.807) is 0 Å². The molecule has 0 N–H and O–H groups in total. The molecule has 0 amide bonds. The SMILES string of the molecule is N#CCC1CCN(CC2COc3ccccc3O2)CC1. The van der Waals surface area contributed by atoms with Crippen molar-refractivity contribution in [3.05, 3.63) is 24.3 Å². The van der Waals surface area contributed by atoms with Crippen molar-refractivity contribution in [3.63, 3.8) is 0 Å². The fraction of sp³-hybridized carbons (Fsp3) is 0.562. The Hall–Kier alpha value is -1.73. The predicted molar refractivity (Wildman–Crippen MR) is 75.7 cm³/mol. The van der Waals surface area contributed by atoms with Gasteiger partial charge in [0, 0.05) is 13.0 Å². The molecule has 0 radical (unpaired) electrons. The van der Waals surface area contributed by atoms with Crippen LogP contribution >= 0.6 is 0 Å². The molecule has 1 atom stereocenters. The molecule has 0 saturated carbocycles. The lowest BCUT2D eigenvalue weighted by molar-refractivity contribution is 0.0480. The van der Waals surface area contributed by atoms with Gasteiger partial charge >= 0.3 is 0 Å². The highest BCUT2D eigenvalue weighted by molar-refractivity contribution is 5.40. The summed E-state index contributed by atoms with van der Waals surface area (Å²) in [6.07, 6.45) is 3.05. The normalized spacial score (nSPS) is 23.2. The highest BCUT2D eigenvalue weighted by Gasteiger charge is 2.25. The van der Waals surface area contributed by atoms with Crippen LogP contribution in [0.1, 0.15) is 19.3 Å². The highest BCUT2D eigenvalue weighted by atomic mass is 16.6. The third-order valence-corrected chi connectivity index (χ3v) is 4.12. The third kappa shape index (κ3) is 3.05. The Labute approximate surface area is 119 Å². The van der Waals surface area contributed by atoms with Crippen molar-refractivity contribution in [2.75, 3.05) is 26.2 Å². The fourth-order valence-corrected chi connectivity index (χ4v) is 2.94. The zero-order chi connectivity index (χ0) is 13.8. The molecule has 0 spiro atoms. The van der Waals surface area contributed by atoms with Crippen LogP contribution in [0.2, 0.25) is 0 Å². The molecule has 1 fully saturated rings. The molecule has 106 valence electrons. The summed E-state index contributed by atoms with van der Waals surface area (Å²) in [5, 5.41) is 8.74. The van der Waals surface area contributed by atoms with Gasteiger partial charge in [-0.1, -0.05) is 12.1 Å². The van der Waals surface area contributed by atoms with Crippen molar-refractivity contribution in [2.24, 2.45) is 5.92 Å². The van der Waals surface area contributed by atoms with Gasteiger partial charge in [0.25, 0.3) is 0 Å². The maximum atomic E-state index is 8.74. The molecule has 0 bridgehead atoms. The third-order valence-electron chi connectivity index (χ3n) is 4.12. The molecular weight excluding hydrogens is 252 g/mol. The van der Waals surface area contributed by atoms with E-state index in [0.29, 0.717) is 18.9 Å². The van der Waals surface area contributed by atoms with Crippen molar-refractivity contribution in [2.45, 2.75) is 25.4 Å². The zero-order valence-electron chi connectivity index (χ0n) is 11.6. The number of likely N-dealkylation sites (tertiary alicyclic amines) is 1. The van der Waals surface area contributed by atoms with Crippen LogP contribution in [0.5, 0.6) is 11.5 Å². The number of rotatable bonds is 3. The minimum atomic E-state index is 0.109. The Kier molecular flexibility index (Phi) is 4.08. The number of ether oxygens (including phenoxy) is 2. The van der Waals surface area contributed by atoms with Gasteiger partial charge in [0.05, 0.1) is 6.07 Å². The van der Waals surface area contributed by atoms with Crippen molar-refractivity contribution >= 4 is 0 Å². The first-order valence-electron chi connectivity index (χ1n) is 7.33. The van der Waals surface area contributed by atoms with Gasteiger partial charge < -0.3 is 9.47 Å². The van der Waals surface area contributed by atoms with Gasteiger partial charge in [0.15, 0.2) is 11.5 Å². The first-order valence-corrected chi connectivity index (χ1v) is 7.33. The number of para-hydroxylation sites is 2. The van der Waals surface area contributed by atoms with Crippen LogP contribution in [0, 0.1) is 17.2 Å². The van der Waals surface area contributed by atoms with Gasteiger partial charge in [-0.05, 0) is 44.0 Å². The molecule has 4 nitrogen and oxygen atoms in total. The van der Waals surface area contributed by atoms with Crippen molar-refractivity contribution in [3.8, 4) is 17.6 Å². The Morgan fingerprint density at radius 2 is 1.95 bits per heavy atom. The standard InChI is InChI=1S/C16H20N2O2/c17-8-5-13-6-9-18(10-7-13)11-14-12-19-15-3-1-2-4-16(15)20-14/h1-4,13-14H,5-7,9-12H2. The quantitative estimate of drug-likeness (QED) is 0.848. The predicted octanol–water partition coefficient (Wildman–Crippen LogP) is 2.45. The number of nitriles is 1. The molecule has 0 aliphatic carbocycles. The average molecular weight is 272 g/mol. The molecule has 1 unspecified atom stereocenters. The van der Waals surface area contributed by atoms with E-state index < -0.39 is 0 Å².